The molecule has 0 aliphatic heterocycles. The van der Waals surface area contributed by atoms with Crippen LogP contribution in [-0.4, -0.2) is 9.55 Å². The van der Waals surface area contributed by atoms with E-state index in [4.69, 9.17) is 28.2 Å². The lowest BCUT2D eigenvalue weighted by Crippen LogP contribution is -2.04. The Hall–Kier alpha value is -1.51. The van der Waals surface area contributed by atoms with Crippen molar-refractivity contribution >= 4 is 34.2 Å². The third-order valence-corrected chi connectivity index (χ3v) is 4.10. The van der Waals surface area contributed by atoms with E-state index in [-0.39, 0.29) is 5.38 Å². The molecule has 0 N–H and O–H groups in total. The topological polar surface area (TPSA) is 17.8 Å². The van der Waals surface area contributed by atoms with Crippen LogP contribution in [0.25, 0.3) is 16.7 Å². The number of aromatic nitrogens is 2. The zero-order valence-electron chi connectivity index (χ0n) is 12.2. The molecule has 4 heteroatoms. The van der Waals surface area contributed by atoms with Gasteiger partial charge in [-0.25, -0.2) is 4.98 Å². The summed E-state index contributed by atoms with van der Waals surface area (Å²) < 4.78 is 2.13. The molecule has 3 aromatic rings. The minimum absolute atomic E-state index is 0.185. The minimum atomic E-state index is -0.185. The van der Waals surface area contributed by atoms with Gasteiger partial charge in [0.25, 0.3) is 0 Å². The van der Waals surface area contributed by atoms with Crippen molar-refractivity contribution in [1.29, 1.82) is 0 Å². The highest BCUT2D eigenvalue weighted by Crippen LogP contribution is 2.32. The van der Waals surface area contributed by atoms with Crippen LogP contribution in [0.5, 0.6) is 0 Å². The van der Waals surface area contributed by atoms with Gasteiger partial charge in [0.2, 0.25) is 0 Å². The van der Waals surface area contributed by atoms with Gasteiger partial charge in [-0.2, -0.15) is 0 Å². The summed E-state index contributed by atoms with van der Waals surface area (Å²) in [6.45, 7) is 6.09. The number of hydrogen-bond donors (Lipinski definition) is 0. The van der Waals surface area contributed by atoms with Gasteiger partial charge >= 0.3 is 0 Å². The first-order chi connectivity index (χ1) is 9.99. The van der Waals surface area contributed by atoms with Gasteiger partial charge in [-0.15, -0.1) is 11.6 Å². The van der Waals surface area contributed by atoms with Crippen molar-refractivity contribution in [3.8, 4) is 5.69 Å². The van der Waals surface area contributed by atoms with Crippen LogP contribution < -0.4 is 0 Å². The molecule has 0 bridgehead atoms. The quantitative estimate of drug-likeness (QED) is 0.563. The van der Waals surface area contributed by atoms with Gasteiger partial charge in [0.15, 0.2) is 0 Å². The van der Waals surface area contributed by atoms with E-state index in [9.17, 15) is 0 Å². The maximum atomic E-state index is 6.36. The lowest BCUT2D eigenvalue weighted by Gasteiger charge is -2.14. The van der Waals surface area contributed by atoms with Gasteiger partial charge in [-0.1, -0.05) is 29.8 Å². The Labute approximate surface area is 134 Å². The Balaban J connectivity index is 2.44. The van der Waals surface area contributed by atoms with E-state index in [0.717, 1.165) is 28.1 Å². The third-order valence-electron chi connectivity index (χ3n) is 3.67. The van der Waals surface area contributed by atoms with Crippen molar-refractivity contribution in [3.63, 3.8) is 0 Å². The van der Waals surface area contributed by atoms with Crippen molar-refractivity contribution in [2.24, 2.45) is 0 Å². The first kappa shape index (κ1) is 14.4. The fourth-order valence-electron chi connectivity index (χ4n) is 2.65. The molecule has 0 radical (unpaired) electrons. The van der Waals surface area contributed by atoms with Gasteiger partial charge in [-0.05, 0) is 50.1 Å². The minimum Gasteiger partial charge on any atom is -0.294 e. The van der Waals surface area contributed by atoms with E-state index in [1.807, 2.05) is 37.3 Å². The Morgan fingerprint density at radius 1 is 1.10 bits per heavy atom. The summed E-state index contributed by atoms with van der Waals surface area (Å²) in [4.78, 5) is 4.71. The van der Waals surface area contributed by atoms with Gasteiger partial charge in [0.05, 0.1) is 22.1 Å². The summed E-state index contributed by atoms with van der Waals surface area (Å²) in [6, 6.07) is 12.0. The second kappa shape index (κ2) is 5.36. The van der Waals surface area contributed by atoms with E-state index in [1.165, 1.54) is 5.56 Å². The predicted molar refractivity (Wildman–Crippen MR) is 89.8 cm³/mol. The molecule has 3 rings (SSSR count). The number of fused-ring (bicyclic) bond motifs is 1. The number of hydrogen-bond acceptors (Lipinski definition) is 1. The smallest absolute Gasteiger partial charge is 0.132 e. The number of para-hydroxylation sites is 1. The average molecular weight is 319 g/mol. The molecule has 1 unspecified atom stereocenters. The Bertz CT molecular complexity index is 819. The van der Waals surface area contributed by atoms with E-state index in [0.29, 0.717) is 5.02 Å². The van der Waals surface area contributed by atoms with Crippen molar-refractivity contribution < 1.29 is 0 Å². The van der Waals surface area contributed by atoms with Crippen LogP contribution in [0.3, 0.4) is 0 Å². The molecular formula is C17H16Cl2N2. The monoisotopic (exact) mass is 318 g/mol. The fourth-order valence-corrected chi connectivity index (χ4v) is 2.96. The summed E-state index contributed by atoms with van der Waals surface area (Å²) in [7, 11) is 0. The molecule has 2 aromatic carbocycles. The number of rotatable bonds is 2. The number of aryl methyl sites for hydroxylation is 2. The Kier molecular flexibility index (Phi) is 3.68. The van der Waals surface area contributed by atoms with Crippen molar-refractivity contribution in [3.05, 3.63) is 58.4 Å². The first-order valence-electron chi connectivity index (χ1n) is 6.87. The van der Waals surface area contributed by atoms with Crippen molar-refractivity contribution in [1.82, 2.24) is 9.55 Å². The zero-order chi connectivity index (χ0) is 15.1. The average Bonchev–Trinajstić information content (AvgIpc) is 2.82. The summed E-state index contributed by atoms with van der Waals surface area (Å²) in [5, 5.41) is 0.523. The lowest BCUT2D eigenvalue weighted by molar-refractivity contribution is 0.877. The number of halogens is 2. The van der Waals surface area contributed by atoms with Crippen LogP contribution in [-0.2, 0) is 0 Å². The SMILES string of the molecule is Cc1ccc(Cl)cc1-n1c(C(C)Cl)nc2cccc(C)c21. The fraction of sp³-hybridized carbons (Fsp3) is 0.235. The van der Waals surface area contributed by atoms with E-state index < -0.39 is 0 Å². The van der Waals surface area contributed by atoms with E-state index in [1.54, 1.807) is 0 Å². The summed E-state index contributed by atoms with van der Waals surface area (Å²) in [5.41, 5.74) is 5.38. The highest BCUT2D eigenvalue weighted by atomic mass is 35.5. The molecule has 1 atom stereocenters. The van der Waals surface area contributed by atoms with Crippen LogP contribution >= 0.6 is 23.2 Å². The highest BCUT2D eigenvalue weighted by Gasteiger charge is 2.18. The number of imidazole rings is 1. The number of alkyl halides is 1. The molecule has 2 nitrogen and oxygen atoms in total. The normalized spacial score (nSPS) is 12.8. The highest BCUT2D eigenvalue weighted by molar-refractivity contribution is 6.30. The summed E-state index contributed by atoms with van der Waals surface area (Å²) in [6.07, 6.45) is 0. The van der Waals surface area contributed by atoms with Gasteiger partial charge in [-0.3, -0.25) is 4.57 Å². The second-order valence-corrected chi connectivity index (χ2v) is 6.39. The molecule has 0 fully saturated rings. The standard InChI is InChI=1S/C17H16Cl2N2/c1-10-7-8-13(19)9-15(10)21-16-11(2)5-4-6-14(16)20-17(21)12(3)18/h4-9,12H,1-3H3. The van der Waals surface area contributed by atoms with Crippen LogP contribution in [0.4, 0.5) is 0 Å². The predicted octanol–water partition coefficient (Wildman–Crippen LogP) is 5.60. The number of benzene rings is 2. The molecule has 21 heavy (non-hydrogen) atoms. The largest absolute Gasteiger partial charge is 0.294 e. The van der Waals surface area contributed by atoms with E-state index in [2.05, 4.69) is 24.5 Å². The van der Waals surface area contributed by atoms with E-state index >= 15 is 0 Å². The lowest BCUT2D eigenvalue weighted by atomic mass is 10.1. The maximum Gasteiger partial charge on any atom is 0.132 e. The molecule has 108 valence electrons. The van der Waals surface area contributed by atoms with Gasteiger partial charge in [0, 0.05) is 5.02 Å². The molecule has 0 amide bonds. The zero-order valence-corrected chi connectivity index (χ0v) is 13.7. The van der Waals surface area contributed by atoms with Crippen molar-refractivity contribution in [2.75, 3.05) is 0 Å². The number of nitrogens with zero attached hydrogens (tertiary/aromatic N) is 2. The van der Waals surface area contributed by atoms with Crippen LogP contribution in [0.2, 0.25) is 5.02 Å². The molecule has 0 aliphatic rings. The maximum absolute atomic E-state index is 6.36. The Morgan fingerprint density at radius 3 is 2.57 bits per heavy atom. The second-order valence-electron chi connectivity index (χ2n) is 5.29. The van der Waals surface area contributed by atoms with Crippen LogP contribution in [0.15, 0.2) is 36.4 Å². The molecule has 1 heterocycles. The molecule has 0 saturated heterocycles. The van der Waals surface area contributed by atoms with Gasteiger partial charge in [0.1, 0.15) is 5.82 Å². The summed E-state index contributed by atoms with van der Waals surface area (Å²) >= 11 is 12.5. The molecular weight excluding hydrogens is 303 g/mol. The molecule has 0 saturated carbocycles. The molecule has 0 aliphatic carbocycles. The van der Waals surface area contributed by atoms with Crippen molar-refractivity contribution in [2.45, 2.75) is 26.1 Å². The molecule has 0 spiro atoms. The molecule has 1 aromatic heterocycles. The Morgan fingerprint density at radius 2 is 1.86 bits per heavy atom. The van der Waals surface area contributed by atoms with Gasteiger partial charge < -0.3 is 0 Å². The third kappa shape index (κ3) is 2.43. The summed E-state index contributed by atoms with van der Waals surface area (Å²) in [5.74, 6) is 0.839. The van der Waals surface area contributed by atoms with Crippen LogP contribution in [0, 0.1) is 13.8 Å². The first-order valence-corrected chi connectivity index (χ1v) is 7.69. The van der Waals surface area contributed by atoms with Crippen LogP contribution in [0.1, 0.15) is 29.3 Å².